The van der Waals surface area contributed by atoms with Crippen molar-refractivity contribution in [3.05, 3.63) is 30.3 Å². The molecule has 0 N–H and O–H groups in total. The lowest BCUT2D eigenvalue weighted by Gasteiger charge is -2.20. The molecule has 0 unspecified atom stereocenters. The van der Waals surface area contributed by atoms with Crippen LogP contribution in [-0.2, 0) is 19.1 Å². The van der Waals surface area contributed by atoms with Crippen LogP contribution >= 0.6 is 0 Å². The number of hydrazone groups is 1. The molecule has 1 atom stereocenters. The van der Waals surface area contributed by atoms with E-state index in [1.165, 1.54) is 6.92 Å². The molecule has 0 aliphatic carbocycles. The number of likely N-dealkylation sites (tertiary alicyclic amines) is 1. The van der Waals surface area contributed by atoms with Crippen LogP contribution in [0.1, 0.15) is 26.2 Å². The summed E-state index contributed by atoms with van der Waals surface area (Å²) in [5.74, 6) is -0.909. The molecule has 7 nitrogen and oxygen atoms in total. The summed E-state index contributed by atoms with van der Waals surface area (Å²) in [5, 5.41) is 5.81. The third kappa shape index (κ3) is 3.87. The highest BCUT2D eigenvalue weighted by Crippen LogP contribution is 2.25. The average Bonchev–Trinajstić information content (AvgIpc) is 3.29. The van der Waals surface area contributed by atoms with E-state index < -0.39 is 12.0 Å². The number of hydrogen-bond donors (Lipinski definition) is 0. The number of nitrogens with zero attached hydrogens (tertiary/aromatic N) is 3. The number of para-hydroxylation sites is 1. The second-order valence-corrected chi connectivity index (χ2v) is 6.22. The fraction of sp³-hybridized carbons (Fsp3) is 0.444. The van der Waals surface area contributed by atoms with Gasteiger partial charge in [0, 0.05) is 19.5 Å². The van der Waals surface area contributed by atoms with Crippen LogP contribution in [0.4, 0.5) is 5.69 Å². The highest BCUT2D eigenvalue weighted by Gasteiger charge is 2.35. The number of esters is 1. The van der Waals surface area contributed by atoms with Gasteiger partial charge in [-0.2, -0.15) is 5.10 Å². The van der Waals surface area contributed by atoms with Crippen LogP contribution in [0.3, 0.4) is 0 Å². The Bertz CT molecular complexity index is 696. The molecule has 132 valence electrons. The van der Waals surface area contributed by atoms with Crippen LogP contribution in [0, 0.1) is 0 Å². The molecule has 0 spiro atoms. The van der Waals surface area contributed by atoms with Crippen molar-refractivity contribution in [3.8, 4) is 0 Å². The second-order valence-electron chi connectivity index (χ2n) is 6.22. The largest absolute Gasteiger partial charge is 0.451 e. The van der Waals surface area contributed by atoms with E-state index in [2.05, 4.69) is 5.10 Å². The standard InChI is InChI=1S/C18H21N3O4/c1-13(22)16-11-15(19-21(16)14-7-3-2-4-8-14)18(24)25-12-17(23)20-9-5-6-10-20/h2-4,7-8,16H,5-6,9-12H2,1H3/t16-/m0/s1. The third-order valence-electron chi connectivity index (χ3n) is 4.42. The van der Waals surface area contributed by atoms with Gasteiger partial charge in [-0.25, -0.2) is 4.79 Å². The fourth-order valence-corrected chi connectivity index (χ4v) is 3.04. The van der Waals surface area contributed by atoms with E-state index in [1.54, 1.807) is 9.91 Å². The second kappa shape index (κ2) is 7.46. The van der Waals surface area contributed by atoms with E-state index >= 15 is 0 Å². The van der Waals surface area contributed by atoms with Gasteiger partial charge in [-0.05, 0) is 31.9 Å². The highest BCUT2D eigenvalue weighted by atomic mass is 16.5. The fourth-order valence-electron chi connectivity index (χ4n) is 3.04. The lowest BCUT2D eigenvalue weighted by molar-refractivity contribution is -0.146. The molecule has 25 heavy (non-hydrogen) atoms. The third-order valence-corrected chi connectivity index (χ3v) is 4.42. The van der Waals surface area contributed by atoms with E-state index in [0.29, 0.717) is 13.1 Å². The van der Waals surface area contributed by atoms with Crippen molar-refractivity contribution in [1.29, 1.82) is 0 Å². The molecule has 1 saturated heterocycles. The first-order valence-corrected chi connectivity index (χ1v) is 8.43. The van der Waals surface area contributed by atoms with E-state index in [1.807, 2.05) is 30.3 Å². The van der Waals surface area contributed by atoms with Gasteiger partial charge in [-0.1, -0.05) is 18.2 Å². The molecule has 1 amide bonds. The zero-order valence-corrected chi connectivity index (χ0v) is 14.2. The Morgan fingerprint density at radius 2 is 1.84 bits per heavy atom. The van der Waals surface area contributed by atoms with Gasteiger partial charge < -0.3 is 9.64 Å². The molecule has 0 radical (unpaired) electrons. The predicted octanol–water partition coefficient (Wildman–Crippen LogP) is 1.38. The highest BCUT2D eigenvalue weighted by molar-refractivity contribution is 6.38. The van der Waals surface area contributed by atoms with Crippen molar-refractivity contribution in [2.75, 3.05) is 24.7 Å². The number of benzene rings is 1. The number of carbonyl (C=O) groups is 3. The summed E-state index contributed by atoms with van der Waals surface area (Å²) in [6, 6.07) is 8.67. The van der Waals surface area contributed by atoms with Gasteiger partial charge in [0.15, 0.2) is 12.4 Å². The minimum atomic E-state index is -0.641. The average molecular weight is 343 g/mol. The van der Waals surface area contributed by atoms with Crippen molar-refractivity contribution in [1.82, 2.24) is 4.90 Å². The summed E-state index contributed by atoms with van der Waals surface area (Å²) >= 11 is 0. The van der Waals surface area contributed by atoms with Crippen LogP contribution in [-0.4, -0.2) is 54.0 Å². The van der Waals surface area contributed by atoms with E-state index in [9.17, 15) is 14.4 Å². The van der Waals surface area contributed by atoms with Gasteiger partial charge in [0.25, 0.3) is 5.91 Å². The maximum Gasteiger partial charge on any atom is 0.355 e. The number of Topliss-reactive ketones (excluding diaryl/α,β-unsaturated/α-hetero) is 1. The van der Waals surface area contributed by atoms with Crippen molar-refractivity contribution in [3.63, 3.8) is 0 Å². The number of hydrogen-bond acceptors (Lipinski definition) is 6. The normalized spacial score (nSPS) is 19.7. The zero-order valence-electron chi connectivity index (χ0n) is 14.2. The molecule has 0 aromatic heterocycles. The topological polar surface area (TPSA) is 79.3 Å². The molecule has 1 aromatic carbocycles. The van der Waals surface area contributed by atoms with E-state index in [0.717, 1.165) is 18.5 Å². The van der Waals surface area contributed by atoms with Crippen LogP contribution in [0.25, 0.3) is 0 Å². The van der Waals surface area contributed by atoms with Gasteiger partial charge in [0.05, 0.1) is 5.69 Å². The Balaban J connectivity index is 1.65. The molecule has 0 bridgehead atoms. The van der Waals surface area contributed by atoms with Crippen molar-refractivity contribution < 1.29 is 19.1 Å². The maximum atomic E-state index is 12.2. The molecule has 2 heterocycles. The summed E-state index contributed by atoms with van der Waals surface area (Å²) in [7, 11) is 0. The van der Waals surface area contributed by atoms with Crippen LogP contribution < -0.4 is 5.01 Å². The minimum absolute atomic E-state index is 0.0800. The molecular weight excluding hydrogens is 322 g/mol. The summed E-state index contributed by atoms with van der Waals surface area (Å²) in [5.41, 5.74) is 0.900. The molecule has 1 fully saturated rings. The SMILES string of the molecule is CC(=O)[C@@H]1CC(C(=O)OCC(=O)N2CCCC2)=NN1c1ccccc1. The Morgan fingerprint density at radius 3 is 2.48 bits per heavy atom. The monoisotopic (exact) mass is 343 g/mol. The van der Waals surface area contributed by atoms with Gasteiger partial charge in [-0.15, -0.1) is 0 Å². The molecule has 7 heteroatoms. The zero-order chi connectivity index (χ0) is 17.8. The van der Waals surface area contributed by atoms with Gasteiger partial charge in [-0.3, -0.25) is 14.6 Å². The first-order valence-electron chi connectivity index (χ1n) is 8.43. The molecule has 3 rings (SSSR count). The lowest BCUT2D eigenvalue weighted by Crippen LogP contribution is -2.34. The lowest BCUT2D eigenvalue weighted by atomic mass is 10.1. The maximum absolute atomic E-state index is 12.2. The molecule has 2 aliphatic heterocycles. The molecule has 2 aliphatic rings. The van der Waals surface area contributed by atoms with Crippen LogP contribution in [0.2, 0.25) is 0 Å². The number of ether oxygens (including phenoxy) is 1. The van der Waals surface area contributed by atoms with Gasteiger partial charge in [0.1, 0.15) is 11.8 Å². The number of amides is 1. The molecule has 0 saturated carbocycles. The van der Waals surface area contributed by atoms with Gasteiger partial charge >= 0.3 is 5.97 Å². The van der Waals surface area contributed by atoms with Gasteiger partial charge in [0.2, 0.25) is 0 Å². The summed E-state index contributed by atoms with van der Waals surface area (Å²) < 4.78 is 5.11. The smallest absolute Gasteiger partial charge is 0.355 e. The van der Waals surface area contributed by atoms with Crippen LogP contribution in [0.5, 0.6) is 0 Å². The Morgan fingerprint density at radius 1 is 1.16 bits per heavy atom. The van der Waals surface area contributed by atoms with Crippen molar-refractivity contribution >= 4 is 29.1 Å². The first-order chi connectivity index (χ1) is 12.1. The van der Waals surface area contributed by atoms with Crippen LogP contribution in [0.15, 0.2) is 35.4 Å². The summed E-state index contributed by atoms with van der Waals surface area (Å²) in [4.78, 5) is 37.8. The number of carbonyl (C=O) groups excluding carboxylic acids is 3. The Kier molecular flexibility index (Phi) is 5.11. The summed E-state index contributed by atoms with van der Waals surface area (Å²) in [6.07, 6.45) is 2.15. The van der Waals surface area contributed by atoms with Crippen molar-refractivity contribution in [2.24, 2.45) is 5.10 Å². The predicted molar refractivity (Wildman–Crippen MR) is 92.2 cm³/mol. The number of ketones is 1. The molecule has 1 aromatic rings. The van der Waals surface area contributed by atoms with E-state index in [4.69, 9.17) is 4.74 Å². The quantitative estimate of drug-likeness (QED) is 0.755. The summed E-state index contributed by atoms with van der Waals surface area (Å²) in [6.45, 7) is 2.62. The Hall–Kier alpha value is -2.70. The van der Waals surface area contributed by atoms with Crippen molar-refractivity contribution in [2.45, 2.75) is 32.2 Å². The molecular formula is C18H21N3O4. The number of anilines is 1. The van der Waals surface area contributed by atoms with E-state index in [-0.39, 0.29) is 30.4 Å². The minimum Gasteiger partial charge on any atom is -0.451 e. The Labute approximate surface area is 146 Å². The number of rotatable bonds is 5. The first kappa shape index (κ1) is 17.1.